The zero-order valence-corrected chi connectivity index (χ0v) is 38.2. The molecule has 0 saturated carbocycles. The van der Waals surface area contributed by atoms with Crippen molar-refractivity contribution < 1.29 is 52.1 Å². The van der Waals surface area contributed by atoms with Crippen LogP contribution in [-0.2, 0) is 44.8 Å². The number of rotatable bonds is 9. The number of nitrogen functional groups attached to an aromatic ring is 1. The van der Waals surface area contributed by atoms with E-state index in [-0.39, 0.29) is 69.3 Å². The van der Waals surface area contributed by atoms with Gasteiger partial charge in [-0.15, -0.1) is 0 Å². The number of aliphatic hydroxyl groups is 1. The van der Waals surface area contributed by atoms with E-state index in [1.165, 1.54) is 20.1 Å². The maximum atomic E-state index is 17.0. The molecule has 0 spiro atoms. The molecule has 62 heavy (non-hydrogen) atoms. The molecule has 3 N–H and O–H groups in total. The van der Waals surface area contributed by atoms with Gasteiger partial charge >= 0.3 is 5.97 Å². The summed E-state index contributed by atoms with van der Waals surface area (Å²) in [6, 6.07) is 5.19. The minimum atomic E-state index is -3.12. The van der Waals surface area contributed by atoms with Crippen molar-refractivity contribution >= 4 is 34.9 Å². The van der Waals surface area contributed by atoms with Gasteiger partial charge in [-0.05, 0) is 97.9 Å². The first kappa shape index (κ1) is 48.9. The average Bonchev–Trinajstić information content (AvgIpc) is 3.69. The van der Waals surface area contributed by atoms with Crippen LogP contribution in [0.25, 0.3) is 11.6 Å². The molecule has 5 rings (SSSR count). The third kappa shape index (κ3) is 11.1. The number of halogens is 1. The van der Waals surface area contributed by atoms with Gasteiger partial charge in [0.15, 0.2) is 18.7 Å². The van der Waals surface area contributed by atoms with Crippen molar-refractivity contribution in [3.8, 4) is 11.6 Å². The summed E-state index contributed by atoms with van der Waals surface area (Å²) in [7, 11) is 3.94. The molecule has 2 bridgehead atoms. The quantitative estimate of drug-likeness (QED) is 0.162. The molecule has 1 amide bonds. The number of nitrogens with zero attached hydrogens (tertiary/aromatic N) is 5. The van der Waals surface area contributed by atoms with Crippen molar-refractivity contribution in [1.29, 1.82) is 0 Å². The van der Waals surface area contributed by atoms with E-state index in [2.05, 4.69) is 25.0 Å². The number of aromatic nitrogens is 2. The maximum Gasteiger partial charge on any atom is 0.351 e. The number of fused-ring (bicyclic) bond motifs is 5. The second-order valence-electron chi connectivity index (χ2n) is 18.2. The SMILES string of the molecule is CCC(=O)N=C1[C@H](C)C[C@@]2(C)OC/C(=N/OCc3coc(-c4cccc(N)n4)n3)CC[C@H]([C@H]1C)C(C)(O)[C@@H](CC)OC(=O)[C@@](C)(F)C(=O)[C@H](C)[C@H]2O[C@H]1C[C@@H](N(C)C)C[C@@H](C)O1. The monoisotopic (exact) mass is 870 g/mol. The Morgan fingerprint density at radius 2 is 1.81 bits per heavy atom. The van der Waals surface area contributed by atoms with Gasteiger partial charge in [0.1, 0.15) is 35.2 Å². The molecule has 344 valence electrons. The lowest BCUT2D eigenvalue weighted by molar-refractivity contribution is -0.264. The number of ether oxygens (including phenoxy) is 4. The van der Waals surface area contributed by atoms with E-state index < -0.39 is 70.8 Å². The van der Waals surface area contributed by atoms with Gasteiger partial charge in [-0.3, -0.25) is 9.59 Å². The molecule has 1 unspecified atom stereocenters. The van der Waals surface area contributed by atoms with Gasteiger partial charge in [0, 0.05) is 36.4 Å². The molecule has 5 heterocycles. The minimum absolute atomic E-state index is 0.0732. The zero-order chi connectivity index (χ0) is 45.7. The molecule has 3 fully saturated rings. The first-order chi connectivity index (χ1) is 29.1. The van der Waals surface area contributed by atoms with E-state index in [0.717, 1.165) is 13.3 Å². The first-order valence-electron chi connectivity index (χ1n) is 21.8. The number of oxazole rings is 1. The van der Waals surface area contributed by atoms with Crippen LogP contribution in [0.15, 0.2) is 39.0 Å². The lowest BCUT2D eigenvalue weighted by Crippen LogP contribution is -2.59. The van der Waals surface area contributed by atoms with Gasteiger partial charge in [-0.25, -0.2) is 24.1 Å². The number of oxime groups is 1. The Morgan fingerprint density at radius 3 is 2.47 bits per heavy atom. The fraction of sp³-hybridized carbons (Fsp3) is 0.711. The largest absolute Gasteiger partial charge is 0.457 e. The van der Waals surface area contributed by atoms with Crippen molar-refractivity contribution in [2.24, 2.45) is 33.8 Å². The second-order valence-corrected chi connectivity index (χ2v) is 18.2. The van der Waals surface area contributed by atoms with Crippen LogP contribution in [0.3, 0.4) is 0 Å². The molecule has 0 aromatic carbocycles. The van der Waals surface area contributed by atoms with Crippen LogP contribution in [0, 0.1) is 23.7 Å². The number of carbonyl (C=O) groups excluding carboxylic acids is 3. The summed E-state index contributed by atoms with van der Waals surface area (Å²) in [6.07, 6.45) is -0.0981. The second kappa shape index (κ2) is 20.1. The van der Waals surface area contributed by atoms with Gasteiger partial charge in [-0.1, -0.05) is 45.8 Å². The Bertz CT molecular complexity index is 1950. The molecule has 17 heteroatoms. The lowest BCUT2D eigenvalue weighted by atomic mass is 9.68. The number of anilines is 1. The van der Waals surface area contributed by atoms with Crippen LogP contribution in [0.5, 0.6) is 0 Å². The van der Waals surface area contributed by atoms with Gasteiger partial charge in [0.25, 0.3) is 5.67 Å². The van der Waals surface area contributed by atoms with Crippen LogP contribution in [0.1, 0.15) is 113 Å². The molecule has 0 aliphatic carbocycles. The zero-order valence-electron chi connectivity index (χ0n) is 38.2. The van der Waals surface area contributed by atoms with Crippen molar-refractivity contribution in [3.05, 3.63) is 30.2 Å². The van der Waals surface area contributed by atoms with Gasteiger partial charge in [0.05, 0.1) is 30.1 Å². The van der Waals surface area contributed by atoms with E-state index in [4.69, 9.17) is 33.9 Å². The number of nitrogens with two attached hydrogens (primary N) is 1. The summed E-state index contributed by atoms with van der Waals surface area (Å²) in [4.78, 5) is 63.0. The topological polar surface area (TPSA) is 210 Å². The molecule has 16 nitrogen and oxygen atoms in total. The molecular weight excluding hydrogens is 804 g/mol. The fourth-order valence-corrected chi connectivity index (χ4v) is 9.37. The van der Waals surface area contributed by atoms with Crippen LogP contribution in [-0.4, -0.2) is 117 Å². The number of hydrogen-bond donors (Lipinski definition) is 2. The number of amides is 1. The highest BCUT2D eigenvalue weighted by Crippen LogP contribution is 2.43. The number of aliphatic imine (C=N–C) groups is 1. The van der Waals surface area contributed by atoms with E-state index >= 15 is 4.39 Å². The third-order valence-corrected chi connectivity index (χ3v) is 12.9. The van der Waals surface area contributed by atoms with Crippen LogP contribution < -0.4 is 5.73 Å². The first-order valence-corrected chi connectivity index (χ1v) is 21.8. The highest BCUT2D eigenvalue weighted by atomic mass is 19.1. The van der Waals surface area contributed by atoms with Crippen LogP contribution in [0.2, 0.25) is 0 Å². The summed E-state index contributed by atoms with van der Waals surface area (Å²) < 4.78 is 48.5. The van der Waals surface area contributed by atoms with E-state index in [1.54, 1.807) is 39.0 Å². The number of ketones is 1. The molecular formula is C45H67FN6O10. The van der Waals surface area contributed by atoms with Crippen molar-refractivity contribution in [2.75, 3.05) is 26.4 Å². The molecule has 3 saturated heterocycles. The Balaban J connectivity index is 1.65. The summed E-state index contributed by atoms with van der Waals surface area (Å²) in [5.41, 5.74) is 1.30. The highest BCUT2D eigenvalue weighted by molar-refractivity contribution is 6.08. The summed E-state index contributed by atoms with van der Waals surface area (Å²) in [6.45, 7) is 14.7. The fourth-order valence-electron chi connectivity index (χ4n) is 9.37. The van der Waals surface area contributed by atoms with Crippen LogP contribution in [0.4, 0.5) is 10.2 Å². The maximum absolute atomic E-state index is 17.0. The predicted molar refractivity (Wildman–Crippen MR) is 230 cm³/mol. The molecule has 0 radical (unpaired) electrons. The lowest BCUT2D eigenvalue weighted by Gasteiger charge is -2.47. The number of cyclic esters (lactones) is 1. The molecule has 3 aliphatic heterocycles. The predicted octanol–water partition coefficient (Wildman–Crippen LogP) is 6.28. The summed E-state index contributed by atoms with van der Waals surface area (Å²) in [5.74, 6) is -5.41. The van der Waals surface area contributed by atoms with E-state index in [9.17, 15) is 19.5 Å². The van der Waals surface area contributed by atoms with Crippen molar-refractivity contribution in [3.63, 3.8) is 0 Å². The summed E-state index contributed by atoms with van der Waals surface area (Å²) in [5, 5.41) is 17.1. The van der Waals surface area contributed by atoms with Gasteiger partial charge in [-0.2, -0.15) is 0 Å². The van der Waals surface area contributed by atoms with E-state index in [1.807, 2.05) is 34.9 Å². The number of pyridine rings is 1. The Labute approximate surface area is 364 Å². The Morgan fingerprint density at radius 1 is 1.08 bits per heavy atom. The third-order valence-electron chi connectivity index (χ3n) is 12.9. The number of esters is 1. The minimum Gasteiger partial charge on any atom is -0.457 e. The molecule has 2 aromatic rings. The molecule has 12 atom stereocenters. The highest BCUT2D eigenvalue weighted by Gasteiger charge is 2.56. The standard InChI is InChI=1S/C45H67FN6O10/c1-12-34-45(9,56)32-18-17-29(51-59-24-30-22-57-41(48-30)33-15-14-16-35(47)49-33)23-58-43(7,21-25(3)38(27(32)5)50-36(53)13-2)40(28(6)39(54)44(8,46)42(55)61-34)62-37-20-31(52(10)11)19-26(4)60-37/h14-16,22,25-28,31-32,34,37,40,56H,12-13,17-21,23-24H2,1-11H3,(H2,47,49)/b50-38?,51-29+/t25-,26-,27-,28+,31+,32-,34-,37+,40-,43-,44+,45?/m1/s1. The smallest absolute Gasteiger partial charge is 0.351 e. The number of alkyl halides is 1. The van der Waals surface area contributed by atoms with Gasteiger partial charge in [0.2, 0.25) is 11.8 Å². The average molecular weight is 871 g/mol. The Hall–Kier alpha value is -4.16. The molecule has 2 aromatic heterocycles. The number of hydrogen-bond acceptors (Lipinski definition) is 15. The molecule has 3 aliphatic rings. The van der Waals surface area contributed by atoms with Crippen LogP contribution >= 0.6 is 0 Å². The van der Waals surface area contributed by atoms with E-state index in [0.29, 0.717) is 35.0 Å². The Kier molecular flexibility index (Phi) is 15.9. The number of carbonyl (C=O) groups is 3. The number of Topliss-reactive ketones (excluding diaryl/α,β-unsaturated/α-hetero) is 1. The summed E-state index contributed by atoms with van der Waals surface area (Å²) >= 11 is 0. The van der Waals surface area contributed by atoms with Crippen molar-refractivity contribution in [2.45, 2.75) is 161 Å². The van der Waals surface area contributed by atoms with Crippen molar-refractivity contribution in [1.82, 2.24) is 14.9 Å². The normalized spacial score (nSPS) is 36.8. The van der Waals surface area contributed by atoms with Gasteiger partial charge < -0.3 is 43.9 Å².